The molecule has 2 N–H and O–H groups in total. The molecule has 2 rings (SSSR count). The smallest absolute Gasteiger partial charge is 0.319 e. The highest BCUT2D eigenvalue weighted by molar-refractivity contribution is 5.89. The number of amides is 2. The van der Waals surface area contributed by atoms with Gasteiger partial charge in [-0.15, -0.1) is 0 Å². The Labute approximate surface area is 125 Å². The van der Waals surface area contributed by atoms with E-state index < -0.39 is 5.82 Å². The van der Waals surface area contributed by atoms with E-state index in [0.29, 0.717) is 18.5 Å². The van der Waals surface area contributed by atoms with Gasteiger partial charge in [0.25, 0.3) is 0 Å². The normalized spacial score (nSPS) is 17.0. The van der Waals surface area contributed by atoms with Gasteiger partial charge in [0.1, 0.15) is 5.82 Å². The number of halogens is 1. The summed E-state index contributed by atoms with van der Waals surface area (Å²) in [4.78, 5) is 14.3. The monoisotopic (exact) mass is 293 g/mol. The molecule has 1 aromatic rings. The lowest BCUT2D eigenvalue weighted by atomic mass is 10.0. The lowest BCUT2D eigenvalue weighted by Crippen LogP contribution is -2.46. The fraction of sp³-hybridized carbons (Fsp3) is 0.562. The Kier molecular flexibility index (Phi) is 5.56. The van der Waals surface area contributed by atoms with Crippen LogP contribution in [0.3, 0.4) is 0 Å². The molecule has 1 aromatic carbocycles. The summed E-state index contributed by atoms with van der Waals surface area (Å²) in [5.41, 5.74) is 0.206. The van der Waals surface area contributed by atoms with Crippen molar-refractivity contribution in [3.63, 3.8) is 0 Å². The summed E-state index contributed by atoms with van der Waals surface area (Å²) in [6.45, 7) is 7.11. The molecule has 1 atom stereocenters. The van der Waals surface area contributed by atoms with Crippen LogP contribution in [0.5, 0.6) is 0 Å². The first-order valence-electron chi connectivity index (χ1n) is 7.61. The molecule has 5 heteroatoms. The van der Waals surface area contributed by atoms with E-state index in [1.165, 1.54) is 18.9 Å². The van der Waals surface area contributed by atoms with Crippen molar-refractivity contribution in [2.24, 2.45) is 5.92 Å². The first kappa shape index (κ1) is 15.8. The molecule has 0 saturated carbocycles. The minimum Gasteiger partial charge on any atom is -0.336 e. The van der Waals surface area contributed by atoms with E-state index in [0.717, 1.165) is 13.1 Å². The van der Waals surface area contributed by atoms with Gasteiger partial charge in [0.05, 0.1) is 5.69 Å². The molecule has 1 fully saturated rings. The number of para-hydroxylation sites is 1. The van der Waals surface area contributed by atoms with Gasteiger partial charge in [-0.1, -0.05) is 26.0 Å². The molecule has 1 aliphatic rings. The third kappa shape index (κ3) is 4.43. The van der Waals surface area contributed by atoms with Crippen molar-refractivity contribution in [3.8, 4) is 0 Å². The lowest BCUT2D eigenvalue weighted by molar-refractivity contribution is 0.186. The van der Waals surface area contributed by atoms with Gasteiger partial charge < -0.3 is 10.6 Å². The fourth-order valence-corrected chi connectivity index (χ4v) is 2.79. The summed E-state index contributed by atoms with van der Waals surface area (Å²) in [5, 5.41) is 5.41. The van der Waals surface area contributed by atoms with E-state index >= 15 is 0 Å². The number of likely N-dealkylation sites (tertiary alicyclic amines) is 1. The van der Waals surface area contributed by atoms with Crippen LogP contribution in [0, 0.1) is 11.7 Å². The van der Waals surface area contributed by atoms with Gasteiger partial charge >= 0.3 is 6.03 Å². The maximum absolute atomic E-state index is 13.5. The van der Waals surface area contributed by atoms with Crippen LogP contribution in [0.25, 0.3) is 0 Å². The Bertz CT molecular complexity index is 472. The molecule has 1 saturated heterocycles. The summed E-state index contributed by atoms with van der Waals surface area (Å²) in [7, 11) is 0. The molecule has 0 spiro atoms. The Morgan fingerprint density at radius 1 is 1.29 bits per heavy atom. The first-order valence-corrected chi connectivity index (χ1v) is 7.61. The molecule has 0 bridgehead atoms. The van der Waals surface area contributed by atoms with Gasteiger partial charge in [0.15, 0.2) is 0 Å². The highest BCUT2D eigenvalue weighted by atomic mass is 19.1. The summed E-state index contributed by atoms with van der Waals surface area (Å²) in [5.74, 6) is 0.0458. The Balaban J connectivity index is 1.85. The Hall–Kier alpha value is -1.62. The maximum atomic E-state index is 13.5. The number of urea groups is 1. The Morgan fingerprint density at radius 2 is 1.95 bits per heavy atom. The van der Waals surface area contributed by atoms with E-state index in [4.69, 9.17) is 0 Å². The number of benzene rings is 1. The molecular weight excluding hydrogens is 269 g/mol. The molecule has 4 nitrogen and oxygen atoms in total. The van der Waals surface area contributed by atoms with E-state index in [9.17, 15) is 9.18 Å². The van der Waals surface area contributed by atoms with Gasteiger partial charge in [0, 0.05) is 12.6 Å². The first-order chi connectivity index (χ1) is 10.1. The molecule has 0 aliphatic carbocycles. The van der Waals surface area contributed by atoms with Crippen LogP contribution in [0.4, 0.5) is 14.9 Å². The number of carbonyl (C=O) groups is 1. The molecule has 0 aromatic heterocycles. The van der Waals surface area contributed by atoms with Crippen LogP contribution in [0.1, 0.15) is 26.7 Å². The van der Waals surface area contributed by atoms with Crippen LogP contribution in [0.15, 0.2) is 24.3 Å². The third-order valence-electron chi connectivity index (χ3n) is 3.97. The van der Waals surface area contributed by atoms with Crippen molar-refractivity contribution in [1.29, 1.82) is 0 Å². The zero-order valence-electron chi connectivity index (χ0n) is 12.7. The summed E-state index contributed by atoms with van der Waals surface area (Å²) in [6, 6.07) is 6.15. The van der Waals surface area contributed by atoms with E-state index in [-0.39, 0.29) is 11.7 Å². The number of anilines is 1. The second-order valence-corrected chi connectivity index (χ2v) is 5.87. The summed E-state index contributed by atoms with van der Waals surface area (Å²) in [6.07, 6.45) is 2.45. The minimum absolute atomic E-state index is 0.206. The largest absolute Gasteiger partial charge is 0.336 e. The molecule has 21 heavy (non-hydrogen) atoms. The number of nitrogens with zero attached hydrogens (tertiary/aromatic N) is 1. The van der Waals surface area contributed by atoms with Crippen molar-refractivity contribution in [2.75, 3.05) is 25.0 Å². The van der Waals surface area contributed by atoms with Crippen LogP contribution in [-0.4, -0.2) is 36.6 Å². The van der Waals surface area contributed by atoms with Gasteiger partial charge in [-0.05, 0) is 44.0 Å². The molecule has 1 aliphatic heterocycles. The number of rotatable bonds is 5. The molecule has 1 heterocycles. The minimum atomic E-state index is -0.424. The third-order valence-corrected chi connectivity index (χ3v) is 3.97. The number of hydrogen-bond donors (Lipinski definition) is 2. The van der Waals surface area contributed by atoms with Crippen LogP contribution < -0.4 is 10.6 Å². The zero-order valence-corrected chi connectivity index (χ0v) is 12.7. The lowest BCUT2D eigenvalue weighted by Gasteiger charge is -2.31. The van der Waals surface area contributed by atoms with E-state index in [1.807, 2.05) is 0 Å². The van der Waals surface area contributed by atoms with Crippen LogP contribution in [0.2, 0.25) is 0 Å². The van der Waals surface area contributed by atoms with Crippen LogP contribution >= 0.6 is 0 Å². The predicted octanol–water partition coefficient (Wildman–Crippen LogP) is 3.07. The van der Waals surface area contributed by atoms with E-state index in [2.05, 4.69) is 29.4 Å². The molecule has 1 unspecified atom stereocenters. The second-order valence-electron chi connectivity index (χ2n) is 5.87. The maximum Gasteiger partial charge on any atom is 0.319 e. The molecule has 0 radical (unpaired) electrons. The Morgan fingerprint density at radius 3 is 2.57 bits per heavy atom. The van der Waals surface area contributed by atoms with Crippen molar-refractivity contribution in [3.05, 3.63) is 30.1 Å². The number of carbonyl (C=O) groups excluding carboxylic acids is 1. The summed E-state index contributed by atoms with van der Waals surface area (Å²) < 4.78 is 13.5. The SMILES string of the molecule is CC(C)C(CNC(=O)Nc1ccccc1F)N1CCCC1. The number of nitrogens with one attached hydrogen (secondary N) is 2. The quantitative estimate of drug-likeness (QED) is 0.876. The van der Waals surface area contributed by atoms with Crippen molar-refractivity contribution in [1.82, 2.24) is 10.2 Å². The fourth-order valence-electron chi connectivity index (χ4n) is 2.79. The van der Waals surface area contributed by atoms with Gasteiger partial charge in [-0.3, -0.25) is 4.90 Å². The predicted molar refractivity (Wildman–Crippen MR) is 82.9 cm³/mol. The molecule has 2 amide bonds. The topological polar surface area (TPSA) is 44.4 Å². The highest BCUT2D eigenvalue weighted by Gasteiger charge is 2.24. The zero-order chi connectivity index (χ0) is 15.2. The van der Waals surface area contributed by atoms with Crippen LogP contribution in [-0.2, 0) is 0 Å². The molecular formula is C16H24FN3O. The highest BCUT2D eigenvalue weighted by Crippen LogP contribution is 2.17. The second kappa shape index (κ2) is 7.41. The average molecular weight is 293 g/mol. The van der Waals surface area contributed by atoms with Crippen molar-refractivity contribution < 1.29 is 9.18 Å². The standard InChI is InChI=1S/C16H24FN3O/c1-12(2)15(20-9-5-6-10-20)11-18-16(21)19-14-8-4-3-7-13(14)17/h3-4,7-8,12,15H,5-6,9-11H2,1-2H3,(H2,18,19,21). The van der Waals surface area contributed by atoms with Gasteiger partial charge in [-0.25, -0.2) is 9.18 Å². The number of hydrogen-bond acceptors (Lipinski definition) is 2. The summed E-state index contributed by atoms with van der Waals surface area (Å²) >= 11 is 0. The van der Waals surface area contributed by atoms with Gasteiger partial charge in [-0.2, -0.15) is 0 Å². The van der Waals surface area contributed by atoms with Gasteiger partial charge in [0.2, 0.25) is 0 Å². The van der Waals surface area contributed by atoms with Crippen molar-refractivity contribution in [2.45, 2.75) is 32.7 Å². The molecule has 116 valence electrons. The van der Waals surface area contributed by atoms with Crippen molar-refractivity contribution >= 4 is 11.7 Å². The average Bonchev–Trinajstić information content (AvgIpc) is 2.95. The van der Waals surface area contributed by atoms with E-state index in [1.54, 1.807) is 18.2 Å².